The molecule has 1 atom stereocenters. The van der Waals surface area contributed by atoms with E-state index in [1.54, 1.807) is 14.2 Å². The minimum Gasteiger partial charge on any atom is -0.497 e. The Hall–Kier alpha value is -5.40. The fourth-order valence-corrected chi connectivity index (χ4v) is 7.23. The van der Waals surface area contributed by atoms with E-state index in [1.165, 1.54) is 5.39 Å². The molecule has 7 rings (SSSR count). The lowest BCUT2D eigenvalue weighted by Gasteiger charge is -2.33. The number of carbonyl (C=O) groups is 2. The Balaban J connectivity index is 1.23. The number of aliphatic hydroxyl groups is 1. The molecule has 0 saturated carbocycles. The zero-order valence-electron chi connectivity index (χ0n) is 27.8. The zero-order chi connectivity index (χ0) is 34.1. The van der Waals surface area contributed by atoms with E-state index < -0.39 is 11.6 Å². The van der Waals surface area contributed by atoms with Crippen LogP contribution in [0, 0.1) is 0 Å². The minimum absolute atomic E-state index is 0.208. The monoisotopic (exact) mass is 653 g/mol. The first kappa shape index (κ1) is 32.2. The van der Waals surface area contributed by atoms with Crippen molar-refractivity contribution in [2.24, 2.45) is 0 Å². The molecule has 0 aromatic heterocycles. The summed E-state index contributed by atoms with van der Waals surface area (Å²) in [7, 11) is 3.28. The van der Waals surface area contributed by atoms with E-state index in [9.17, 15) is 14.7 Å². The third-order valence-corrected chi connectivity index (χ3v) is 9.77. The van der Waals surface area contributed by atoms with Gasteiger partial charge in [-0.3, -0.25) is 4.79 Å². The summed E-state index contributed by atoms with van der Waals surface area (Å²) in [6.45, 7) is 3.80. The number of methoxy groups -OCH3 is 2. The van der Waals surface area contributed by atoms with Crippen molar-refractivity contribution in [1.29, 1.82) is 0 Å². The fourth-order valence-electron chi connectivity index (χ4n) is 7.23. The molecule has 1 heterocycles. The van der Waals surface area contributed by atoms with Gasteiger partial charge in [0.2, 0.25) is 0 Å². The molecule has 6 aromatic carbocycles. The summed E-state index contributed by atoms with van der Waals surface area (Å²) in [6, 6.07) is 32.5. The molecule has 0 bridgehead atoms. The number of hydroxylamine groups is 2. The van der Waals surface area contributed by atoms with E-state index in [-0.39, 0.29) is 12.3 Å². The lowest BCUT2D eigenvalue weighted by molar-refractivity contribution is -0.186. The van der Waals surface area contributed by atoms with Crippen molar-refractivity contribution < 1.29 is 29.0 Å². The Morgan fingerprint density at radius 2 is 1.51 bits per heavy atom. The van der Waals surface area contributed by atoms with Crippen molar-refractivity contribution in [3.05, 3.63) is 132 Å². The van der Waals surface area contributed by atoms with E-state index in [1.807, 2.05) is 48.5 Å². The molecule has 248 valence electrons. The van der Waals surface area contributed by atoms with Crippen LogP contribution in [0.4, 0.5) is 0 Å². The van der Waals surface area contributed by atoms with Crippen molar-refractivity contribution in [3.8, 4) is 11.5 Å². The van der Waals surface area contributed by atoms with Crippen molar-refractivity contribution in [1.82, 2.24) is 5.06 Å². The van der Waals surface area contributed by atoms with Gasteiger partial charge in [0.15, 0.2) is 0 Å². The van der Waals surface area contributed by atoms with Crippen LogP contribution in [0.2, 0.25) is 0 Å². The van der Waals surface area contributed by atoms with E-state index >= 15 is 0 Å². The summed E-state index contributed by atoms with van der Waals surface area (Å²) in [5, 5.41) is 20.9. The van der Waals surface area contributed by atoms with Crippen molar-refractivity contribution >= 4 is 44.2 Å². The van der Waals surface area contributed by atoms with Gasteiger partial charge in [0.05, 0.1) is 19.9 Å². The molecule has 7 nitrogen and oxygen atoms in total. The summed E-state index contributed by atoms with van der Waals surface area (Å²) in [5.41, 5.74) is 2.20. The molecule has 0 aliphatic carbocycles. The second kappa shape index (κ2) is 13.2. The van der Waals surface area contributed by atoms with Crippen LogP contribution in [0.25, 0.3) is 32.3 Å². The van der Waals surface area contributed by atoms with Gasteiger partial charge in [0.25, 0.3) is 5.91 Å². The van der Waals surface area contributed by atoms with Crippen LogP contribution in [-0.4, -0.2) is 36.3 Å². The topological polar surface area (TPSA) is 85.3 Å². The Morgan fingerprint density at radius 3 is 2.22 bits per heavy atom. The number of rotatable bonds is 12. The normalized spacial score (nSPS) is 14.6. The molecule has 0 radical (unpaired) electrons. The molecule has 1 aliphatic heterocycles. The Kier molecular flexibility index (Phi) is 8.69. The largest absolute Gasteiger partial charge is 0.497 e. The molecule has 1 amide bonds. The average Bonchev–Trinajstić information content (AvgIpc) is 3.45. The second-order valence-corrected chi connectivity index (χ2v) is 12.7. The van der Waals surface area contributed by atoms with E-state index in [4.69, 9.17) is 14.3 Å². The number of nitrogens with zero attached hydrogens (tertiary/aromatic N) is 1. The molecule has 7 heteroatoms. The zero-order valence-corrected chi connectivity index (χ0v) is 27.8. The highest BCUT2D eigenvalue weighted by Crippen LogP contribution is 2.46. The van der Waals surface area contributed by atoms with Crippen molar-refractivity contribution in [2.45, 2.75) is 50.5 Å². The van der Waals surface area contributed by atoms with Crippen LogP contribution in [-0.2, 0) is 26.4 Å². The van der Waals surface area contributed by atoms with Gasteiger partial charge in [-0.25, -0.2) is 4.79 Å². The Morgan fingerprint density at radius 1 is 0.796 bits per heavy atom. The van der Waals surface area contributed by atoms with Gasteiger partial charge >= 0.3 is 5.97 Å². The maximum absolute atomic E-state index is 13.3. The Bertz CT molecular complexity index is 2170. The van der Waals surface area contributed by atoms with Gasteiger partial charge in [-0.1, -0.05) is 79.7 Å². The van der Waals surface area contributed by atoms with Crippen LogP contribution in [0.1, 0.15) is 60.8 Å². The third kappa shape index (κ3) is 5.85. The molecule has 1 aliphatic rings. The fraction of sp³-hybridized carbons (Fsp3) is 0.238. The lowest BCUT2D eigenvalue weighted by Crippen LogP contribution is -2.29. The molecule has 49 heavy (non-hydrogen) atoms. The number of benzene rings is 6. The SMILES string of the molecule is C=C1CCC(=O)N1OC(=O)CCCCCc1cc(C(O)(c2ccc(OC)cc2)c2cc3cccc4ccc5cccc2c5c43)ccc1OC. The molecule has 0 spiro atoms. The van der Waals surface area contributed by atoms with Gasteiger partial charge in [0.1, 0.15) is 17.1 Å². The maximum atomic E-state index is 13.3. The number of carbonyl (C=O) groups excluding carboxylic acids is 2. The first-order chi connectivity index (χ1) is 23.8. The number of unbranched alkanes of at least 4 members (excludes halogenated alkanes) is 2. The quantitative estimate of drug-likeness (QED) is 0.0809. The van der Waals surface area contributed by atoms with E-state index in [0.29, 0.717) is 37.1 Å². The summed E-state index contributed by atoms with van der Waals surface area (Å²) in [6.07, 6.45) is 3.90. The summed E-state index contributed by atoms with van der Waals surface area (Å²) in [4.78, 5) is 29.6. The van der Waals surface area contributed by atoms with E-state index in [0.717, 1.165) is 72.8 Å². The van der Waals surface area contributed by atoms with Gasteiger partial charge in [0, 0.05) is 18.4 Å². The highest BCUT2D eigenvalue weighted by Gasteiger charge is 2.37. The number of amides is 1. The minimum atomic E-state index is -1.52. The molecule has 1 unspecified atom stereocenters. The molecule has 6 aromatic rings. The van der Waals surface area contributed by atoms with Crippen LogP contribution in [0.5, 0.6) is 11.5 Å². The molecular formula is C42H39NO6. The smallest absolute Gasteiger partial charge is 0.333 e. The summed E-state index contributed by atoms with van der Waals surface area (Å²) < 4.78 is 11.3. The highest BCUT2D eigenvalue weighted by atomic mass is 16.7. The van der Waals surface area contributed by atoms with Crippen LogP contribution in [0.3, 0.4) is 0 Å². The summed E-state index contributed by atoms with van der Waals surface area (Å²) >= 11 is 0. The number of aryl methyl sites for hydroxylation is 1. The number of ether oxygens (including phenoxy) is 2. The van der Waals surface area contributed by atoms with Gasteiger partial charge in [-0.2, -0.15) is 0 Å². The van der Waals surface area contributed by atoms with Crippen LogP contribution < -0.4 is 9.47 Å². The van der Waals surface area contributed by atoms with E-state index in [2.05, 4.69) is 55.1 Å². The molecule has 1 N–H and O–H groups in total. The predicted molar refractivity (Wildman–Crippen MR) is 192 cm³/mol. The highest BCUT2D eigenvalue weighted by molar-refractivity contribution is 6.24. The first-order valence-corrected chi connectivity index (χ1v) is 16.7. The van der Waals surface area contributed by atoms with Gasteiger partial charge < -0.3 is 19.4 Å². The van der Waals surface area contributed by atoms with Crippen molar-refractivity contribution in [3.63, 3.8) is 0 Å². The van der Waals surface area contributed by atoms with Gasteiger partial charge in [-0.15, -0.1) is 5.06 Å². The Labute approximate surface area is 285 Å². The standard InChI is InChI=1S/C42H39NO6/c1-27-15-24-38(44)43(27)49-39(45)14-6-4-5-9-30-25-33(20-23-37(30)48-3)42(46,32-18-21-34(47-2)22-19-32)36-26-31-12-7-10-28-16-17-29-11-8-13-35(36)41(29)40(28)31/h7-8,10-13,16-23,25-26,46H,1,4-6,9,14-15,24H2,2-3H3. The number of allylic oxidation sites excluding steroid dienone is 1. The number of hydrogen-bond acceptors (Lipinski definition) is 6. The maximum Gasteiger partial charge on any atom is 0.333 e. The van der Waals surface area contributed by atoms with Crippen LogP contribution >= 0.6 is 0 Å². The first-order valence-electron chi connectivity index (χ1n) is 16.7. The third-order valence-electron chi connectivity index (χ3n) is 9.77. The average molecular weight is 654 g/mol. The molecular weight excluding hydrogens is 614 g/mol. The van der Waals surface area contributed by atoms with Gasteiger partial charge in [-0.05, 0) is 105 Å². The van der Waals surface area contributed by atoms with Crippen LogP contribution in [0.15, 0.2) is 109 Å². The van der Waals surface area contributed by atoms with Crippen molar-refractivity contribution in [2.75, 3.05) is 14.2 Å². The molecule has 1 fully saturated rings. The molecule has 1 saturated heterocycles. The lowest BCUT2D eigenvalue weighted by atomic mass is 9.76. The number of hydrogen-bond donors (Lipinski definition) is 1. The second-order valence-electron chi connectivity index (χ2n) is 12.7. The predicted octanol–water partition coefficient (Wildman–Crippen LogP) is 8.58. The summed E-state index contributed by atoms with van der Waals surface area (Å²) in [5.74, 6) is 0.772.